The van der Waals surface area contributed by atoms with Crippen LogP contribution in [0.3, 0.4) is 0 Å². The molecule has 41 heavy (non-hydrogen) atoms. The van der Waals surface area contributed by atoms with E-state index in [0.717, 1.165) is 0 Å². The van der Waals surface area contributed by atoms with Gasteiger partial charge in [-0.15, -0.1) is 69.1 Å². The minimum absolute atomic E-state index is 0. The Labute approximate surface area is 281 Å². The van der Waals surface area contributed by atoms with Gasteiger partial charge in [-0.2, -0.15) is 12.1 Å². The van der Waals surface area contributed by atoms with Gasteiger partial charge in [-0.25, -0.2) is 0 Å². The van der Waals surface area contributed by atoms with Crippen LogP contribution in [-0.4, -0.2) is 16.6 Å². The molecule has 6 rings (SSSR count). The van der Waals surface area contributed by atoms with Gasteiger partial charge in [0.2, 0.25) is 0 Å². The first-order valence-corrected chi connectivity index (χ1v) is 19.4. The average Bonchev–Trinajstić information content (AvgIpc) is 3.50. The first-order chi connectivity index (χ1) is 18.2. The van der Waals surface area contributed by atoms with Gasteiger partial charge < -0.3 is 24.8 Å². The Balaban J connectivity index is 0.000000324. The van der Waals surface area contributed by atoms with Crippen molar-refractivity contribution in [2.24, 2.45) is 0 Å². The molecule has 208 valence electrons. The largest absolute Gasteiger partial charge is 4.00 e. The van der Waals surface area contributed by atoms with Gasteiger partial charge in [-0.3, -0.25) is 0 Å². The van der Waals surface area contributed by atoms with Crippen molar-refractivity contribution in [1.29, 1.82) is 0 Å². The molecule has 0 spiro atoms. The third kappa shape index (κ3) is 10.3. The van der Waals surface area contributed by atoms with Crippen LogP contribution in [0.5, 0.6) is 0 Å². The molecule has 0 N–H and O–H groups in total. The fourth-order valence-corrected chi connectivity index (χ4v) is 4.51. The molecule has 5 heteroatoms. The van der Waals surface area contributed by atoms with Gasteiger partial charge in [-0.05, 0) is 11.1 Å². The van der Waals surface area contributed by atoms with E-state index in [1.807, 2.05) is 0 Å². The van der Waals surface area contributed by atoms with Crippen LogP contribution in [-0.2, 0) is 25.8 Å². The summed E-state index contributed by atoms with van der Waals surface area (Å²) in [5.41, 5.74) is 7.89. The normalized spacial score (nSPS) is 10.2. The molecule has 0 fully saturated rings. The summed E-state index contributed by atoms with van der Waals surface area (Å²) in [5, 5.41) is 5.37. The zero-order chi connectivity index (χ0) is 27.1. The molecule has 0 heterocycles. The molecule has 0 aromatic heterocycles. The van der Waals surface area contributed by atoms with Crippen molar-refractivity contribution >= 4 is 38.2 Å². The number of hydrogen-bond donors (Lipinski definition) is 0. The van der Waals surface area contributed by atoms with Crippen LogP contribution in [0.1, 0.15) is 11.1 Å². The molecule has 0 atom stereocenters. The molecule has 0 aliphatic rings. The summed E-state index contributed by atoms with van der Waals surface area (Å²) in [4.78, 5) is 0. The molecule has 0 nitrogen and oxygen atoms in total. The second kappa shape index (κ2) is 17.2. The SMILES string of the molecule is C[Si][Si](C)(C)C.Cc1cc2c(-c3ccccc3)cccc2[cH-]1.Cc1cc2c(-c3ccccc3)cccc2[cH-]1.[Cl-].[Cl-].[Hf+4]. The number of fused-ring (bicyclic) bond motifs is 2. The summed E-state index contributed by atoms with van der Waals surface area (Å²) in [7, 11) is 0.603. The third-order valence-corrected chi connectivity index (χ3v) is 12.7. The van der Waals surface area contributed by atoms with Gasteiger partial charge in [-0.1, -0.05) is 124 Å². The topological polar surface area (TPSA) is 0 Å². The van der Waals surface area contributed by atoms with E-state index in [9.17, 15) is 0 Å². The fourth-order valence-electron chi connectivity index (χ4n) is 4.51. The summed E-state index contributed by atoms with van der Waals surface area (Å²) < 4.78 is 0. The van der Waals surface area contributed by atoms with Crippen molar-refractivity contribution in [1.82, 2.24) is 0 Å². The van der Waals surface area contributed by atoms with E-state index < -0.39 is 7.59 Å². The molecule has 0 unspecified atom stereocenters. The van der Waals surface area contributed by atoms with Gasteiger partial charge in [0.05, 0.1) is 0 Å². The summed E-state index contributed by atoms with van der Waals surface area (Å²) in [6.07, 6.45) is 0. The minimum Gasteiger partial charge on any atom is -1.00 e. The van der Waals surface area contributed by atoms with Gasteiger partial charge in [0.25, 0.3) is 0 Å². The first kappa shape index (κ1) is 37.0. The molecule has 0 amide bonds. The standard InChI is InChI=1S/2C16H13.C4H12Si2.2ClH.Hf/c2*1-12-10-14-8-5-9-15(16(14)11-12)13-6-3-2-4-7-13;1-5-6(2,3)4;;;/h2*2-11H,1H3;1-4H3;2*1H;/q2*-1;;;;+4/p-2. The molecule has 0 saturated heterocycles. The smallest absolute Gasteiger partial charge is 1.00 e. The molecule has 0 saturated carbocycles. The van der Waals surface area contributed by atoms with Crippen molar-refractivity contribution < 1.29 is 50.7 Å². The van der Waals surface area contributed by atoms with E-state index in [4.69, 9.17) is 0 Å². The zero-order valence-electron chi connectivity index (χ0n) is 24.8. The third-order valence-electron chi connectivity index (χ3n) is 6.71. The van der Waals surface area contributed by atoms with E-state index >= 15 is 0 Å². The van der Waals surface area contributed by atoms with Gasteiger partial charge in [0.15, 0.2) is 0 Å². The van der Waals surface area contributed by atoms with Crippen LogP contribution in [0.25, 0.3) is 43.8 Å². The first-order valence-electron chi connectivity index (χ1n) is 13.4. The Kier molecular flexibility index (Phi) is 15.5. The summed E-state index contributed by atoms with van der Waals surface area (Å²) >= 11 is 0. The van der Waals surface area contributed by atoms with Crippen LogP contribution in [0, 0.1) is 13.8 Å². The molecule has 6 aromatic carbocycles. The maximum absolute atomic E-state index is 2.39. The Hall–Kier alpha value is -2.02. The molecular formula is C36H38Cl2HfSi2. The van der Waals surface area contributed by atoms with Crippen LogP contribution < -0.4 is 24.8 Å². The van der Waals surface area contributed by atoms with Crippen molar-refractivity contribution in [3.05, 3.63) is 132 Å². The fraction of sp³-hybridized carbons (Fsp3) is 0.167. The Bertz CT molecular complexity index is 1480. The van der Waals surface area contributed by atoms with Crippen molar-refractivity contribution in [2.75, 3.05) is 0 Å². The number of rotatable bonds is 3. The second-order valence-corrected chi connectivity index (χ2v) is 21.9. The quantitative estimate of drug-likeness (QED) is 0.182. The van der Waals surface area contributed by atoms with Gasteiger partial charge in [0.1, 0.15) is 0 Å². The molecule has 0 bridgehead atoms. The van der Waals surface area contributed by atoms with Crippen LogP contribution in [0.15, 0.2) is 121 Å². The monoisotopic (exact) mass is 776 g/mol. The predicted octanol–water partition coefficient (Wildman–Crippen LogP) is 4.65. The summed E-state index contributed by atoms with van der Waals surface area (Å²) in [6.45, 7) is 13.8. The average molecular weight is 776 g/mol. The number of hydrogen-bond acceptors (Lipinski definition) is 0. The van der Waals surface area contributed by atoms with E-state index in [1.54, 1.807) is 0 Å². The van der Waals surface area contributed by atoms with E-state index in [2.05, 4.69) is 161 Å². The molecular weight excluding hydrogens is 738 g/mol. The number of halogens is 2. The second-order valence-electron chi connectivity index (χ2n) is 10.9. The van der Waals surface area contributed by atoms with Crippen LogP contribution in [0.4, 0.5) is 0 Å². The molecule has 0 aliphatic heterocycles. The van der Waals surface area contributed by atoms with Crippen LogP contribution in [0.2, 0.25) is 26.2 Å². The summed E-state index contributed by atoms with van der Waals surface area (Å²) in [5.74, 6) is 0. The Morgan fingerprint density at radius 3 is 1.20 bits per heavy atom. The van der Waals surface area contributed by atoms with E-state index in [0.29, 0.717) is 0 Å². The molecule has 2 radical (unpaired) electrons. The number of benzene rings is 4. The zero-order valence-corrected chi connectivity index (χ0v) is 31.9. The van der Waals surface area contributed by atoms with E-state index in [1.165, 1.54) is 64.0 Å². The Morgan fingerprint density at radius 1 is 0.537 bits per heavy atom. The van der Waals surface area contributed by atoms with Crippen molar-refractivity contribution in [3.8, 4) is 22.3 Å². The van der Waals surface area contributed by atoms with Crippen molar-refractivity contribution in [3.63, 3.8) is 0 Å². The molecule has 6 aromatic rings. The van der Waals surface area contributed by atoms with E-state index in [-0.39, 0.29) is 50.7 Å². The van der Waals surface area contributed by atoms with Crippen molar-refractivity contribution in [2.45, 2.75) is 40.0 Å². The minimum atomic E-state index is -0.603. The molecule has 0 aliphatic carbocycles. The summed E-state index contributed by atoms with van der Waals surface area (Å²) in [6, 6.07) is 43.1. The maximum Gasteiger partial charge on any atom is 4.00 e. The number of aryl methyl sites for hydroxylation is 2. The van der Waals surface area contributed by atoms with Gasteiger partial charge >= 0.3 is 25.8 Å². The van der Waals surface area contributed by atoms with Crippen LogP contribution >= 0.6 is 0 Å². The Morgan fingerprint density at radius 2 is 0.878 bits per heavy atom. The van der Waals surface area contributed by atoms with Gasteiger partial charge in [0, 0.05) is 16.6 Å². The maximum atomic E-state index is 2.39. The predicted molar refractivity (Wildman–Crippen MR) is 174 cm³/mol.